The second kappa shape index (κ2) is 11.7. The molecule has 1 saturated heterocycles. The van der Waals surface area contributed by atoms with Crippen LogP contribution >= 0.6 is 0 Å². The number of urea groups is 1. The van der Waals surface area contributed by atoms with Crippen LogP contribution in [0.3, 0.4) is 0 Å². The molecule has 4 amide bonds. The van der Waals surface area contributed by atoms with Gasteiger partial charge in [0.15, 0.2) is 0 Å². The molecular formula is C26H39N5O5. The van der Waals surface area contributed by atoms with Gasteiger partial charge >= 0.3 is 12.1 Å². The van der Waals surface area contributed by atoms with Gasteiger partial charge in [0.2, 0.25) is 5.91 Å². The molecule has 2 aliphatic rings. The van der Waals surface area contributed by atoms with Crippen LogP contribution in [0.15, 0.2) is 36.4 Å². The first-order valence-corrected chi connectivity index (χ1v) is 12.5. The average molecular weight is 502 g/mol. The topological polar surface area (TPSA) is 132 Å². The molecular weight excluding hydrogens is 462 g/mol. The second-order valence-corrected chi connectivity index (χ2v) is 10.5. The van der Waals surface area contributed by atoms with Crippen molar-refractivity contribution >= 4 is 18.0 Å². The molecule has 198 valence electrons. The Hall–Kier alpha value is -3.11. The van der Waals surface area contributed by atoms with E-state index in [1.165, 1.54) is 11.1 Å². The molecule has 1 aliphatic heterocycles. The van der Waals surface area contributed by atoms with Crippen LogP contribution in [0.4, 0.5) is 9.59 Å². The molecule has 4 atom stereocenters. The summed E-state index contributed by atoms with van der Waals surface area (Å²) in [5.74, 6) is -0.359. The number of nitrogens with one attached hydrogen (secondary N) is 4. The Kier molecular flexibility index (Phi) is 8.97. The number of hydrogen-bond acceptors (Lipinski definition) is 6. The molecule has 1 fully saturated rings. The van der Waals surface area contributed by atoms with Crippen LogP contribution in [0.1, 0.15) is 70.5 Å². The highest BCUT2D eigenvalue weighted by Crippen LogP contribution is 2.31. The van der Waals surface area contributed by atoms with Gasteiger partial charge in [-0.05, 0) is 76.5 Å². The molecule has 1 aliphatic carbocycles. The van der Waals surface area contributed by atoms with Crippen molar-refractivity contribution in [3.05, 3.63) is 47.5 Å². The van der Waals surface area contributed by atoms with Gasteiger partial charge in [0.1, 0.15) is 17.9 Å². The van der Waals surface area contributed by atoms with E-state index in [4.69, 9.17) is 4.74 Å². The SMILES string of the molecule is C=C(C)C(NC(=O)NNC(=O)OC(C)(C)C)C(=O)N1CCC[C@H]1C(O)N[C@@H]1CCCc2ccccc21. The molecule has 36 heavy (non-hydrogen) atoms. The molecule has 1 aromatic rings. The van der Waals surface area contributed by atoms with Crippen molar-refractivity contribution in [3.8, 4) is 0 Å². The third-order valence-electron chi connectivity index (χ3n) is 6.38. The fraction of sp³-hybridized carbons (Fsp3) is 0.577. The Morgan fingerprint density at radius 1 is 1.14 bits per heavy atom. The number of likely N-dealkylation sites (tertiary alicyclic amines) is 1. The van der Waals surface area contributed by atoms with Crippen LogP contribution in [0, 0.1) is 0 Å². The van der Waals surface area contributed by atoms with Crippen LogP contribution in [0.25, 0.3) is 0 Å². The number of aryl methyl sites for hydroxylation is 1. The number of nitrogens with zero attached hydrogens (tertiary/aromatic N) is 1. The summed E-state index contributed by atoms with van der Waals surface area (Å²) in [6, 6.07) is 6.01. The van der Waals surface area contributed by atoms with Crippen molar-refractivity contribution in [2.45, 2.75) is 89.8 Å². The summed E-state index contributed by atoms with van der Waals surface area (Å²) in [6.07, 6.45) is 2.61. The number of carbonyl (C=O) groups excluding carboxylic acids is 3. The predicted molar refractivity (Wildman–Crippen MR) is 136 cm³/mol. The van der Waals surface area contributed by atoms with E-state index in [1.807, 2.05) is 12.1 Å². The van der Waals surface area contributed by atoms with Crippen molar-refractivity contribution in [2.24, 2.45) is 0 Å². The number of benzene rings is 1. The molecule has 3 rings (SSSR count). The molecule has 0 spiro atoms. The lowest BCUT2D eigenvalue weighted by Gasteiger charge is -2.35. The minimum Gasteiger partial charge on any atom is -0.443 e. The Morgan fingerprint density at radius 2 is 1.86 bits per heavy atom. The van der Waals surface area contributed by atoms with Gasteiger partial charge < -0.3 is 20.1 Å². The second-order valence-electron chi connectivity index (χ2n) is 10.5. The number of hydrazine groups is 1. The molecule has 5 N–H and O–H groups in total. The Morgan fingerprint density at radius 3 is 2.56 bits per heavy atom. The van der Waals surface area contributed by atoms with E-state index in [1.54, 1.807) is 32.6 Å². The van der Waals surface area contributed by atoms with Crippen LogP contribution in [-0.4, -0.2) is 58.5 Å². The zero-order chi connectivity index (χ0) is 26.5. The molecule has 2 unspecified atom stereocenters. The van der Waals surface area contributed by atoms with Crippen LogP contribution in [0.5, 0.6) is 0 Å². The summed E-state index contributed by atoms with van der Waals surface area (Å²) in [5, 5.41) is 17.0. The number of amides is 4. The number of aliphatic hydroxyl groups is 1. The average Bonchev–Trinajstić information content (AvgIpc) is 3.30. The van der Waals surface area contributed by atoms with Gasteiger partial charge in [-0.3, -0.25) is 10.1 Å². The maximum Gasteiger partial charge on any atom is 0.426 e. The van der Waals surface area contributed by atoms with Gasteiger partial charge in [0, 0.05) is 12.6 Å². The molecule has 10 heteroatoms. The Labute approximate surface area is 212 Å². The maximum absolute atomic E-state index is 13.4. The quantitative estimate of drug-likeness (QED) is 0.231. The highest BCUT2D eigenvalue weighted by atomic mass is 16.6. The monoisotopic (exact) mass is 501 g/mol. The van der Waals surface area contributed by atoms with E-state index < -0.39 is 36.0 Å². The highest BCUT2D eigenvalue weighted by molar-refractivity contribution is 5.90. The van der Waals surface area contributed by atoms with E-state index in [2.05, 4.69) is 40.2 Å². The molecule has 0 aromatic heterocycles. The van der Waals surface area contributed by atoms with Crippen LogP contribution in [0.2, 0.25) is 0 Å². The Bertz CT molecular complexity index is 976. The number of ether oxygens (including phenoxy) is 1. The maximum atomic E-state index is 13.4. The summed E-state index contributed by atoms with van der Waals surface area (Å²) in [4.78, 5) is 39.2. The lowest BCUT2D eigenvalue weighted by molar-refractivity contribution is -0.135. The summed E-state index contributed by atoms with van der Waals surface area (Å²) in [7, 11) is 0. The molecule has 0 radical (unpaired) electrons. The number of rotatable bonds is 6. The molecule has 1 heterocycles. The van der Waals surface area contributed by atoms with Crippen molar-refractivity contribution in [3.63, 3.8) is 0 Å². The molecule has 0 saturated carbocycles. The van der Waals surface area contributed by atoms with Gasteiger partial charge in [0.25, 0.3) is 0 Å². The van der Waals surface area contributed by atoms with E-state index >= 15 is 0 Å². The fourth-order valence-corrected chi connectivity index (χ4v) is 4.78. The fourth-order valence-electron chi connectivity index (χ4n) is 4.78. The van der Waals surface area contributed by atoms with Gasteiger partial charge in [-0.1, -0.05) is 30.8 Å². The van der Waals surface area contributed by atoms with Crippen molar-refractivity contribution in [1.29, 1.82) is 0 Å². The van der Waals surface area contributed by atoms with Gasteiger partial charge in [-0.25, -0.2) is 20.4 Å². The van der Waals surface area contributed by atoms with E-state index in [0.717, 1.165) is 25.7 Å². The molecule has 10 nitrogen and oxygen atoms in total. The summed E-state index contributed by atoms with van der Waals surface area (Å²) in [6.45, 7) is 11.1. The van der Waals surface area contributed by atoms with Crippen molar-refractivity contribution in [1.82, 2.24) is 26.4 Å². The zero-order valence-corrected chi connectivity index (χ0v) is 21.6. The minimum absolute atomic E-state index is 0.0160. The van der Waals surface area contributed by atoms with E-state index in [0.29, 0.717) is 18.5 Å². The van der Waals surface area contributed by atoms with E-state index in [9.17, 15) is 19.5 Å². The Balaban J connectivity index is 1.61. The normalized spacial score (nSPS) is 21.1. The third-order valence-corrected chi connectivity index (χ3v) is 6.38. The van der Waals surface area contributed by atoms with Crippen molar-refractivity contribution < 1.29 is 24.2 Å². The van der Waals surface area contributed by atoms with Crippen molar-refractivity contribution in [2.75, 3.05) is 6.54 Å². The number of aliphatic hydroxyl groups excluding tert-OH is 1. The minimum atomic E-state index is -1.02. The predicted octanol–water partition coefficient (Wildman–Crippen LogP) is 2.65. The first kappa shape index (κ1) is 27.5. The standard InChI is InChI=1S/C26H39N5O5/c1-16(2)21(28-24(34)29-30-25(35)36-26(3,4)5)23(33)31-15-9-14-20(31)22(32)27-19-13-8-11-17-10-6-7-12-18(17)19/h6-7,10,12,19-22,27,32H,1,8-9,11,13-15H2,2-5H3,(H,30,35)(H2,28,29,34)/t19-,20+,21?,22?/m1/s1. The first-order valence-electron chi connectivity index (χ1n) is 12.5. The van der Waals surface area contributed by atoms with Gasteiger partial charge in [-0.15, -0.1) is 0 Å². The highest BCUT2D eigenvalue weighted by Gasteiger charge is 2.39. The van der Waals surface area contributed by atoms with Gasteiger partial charge in [0.05, 0.1) is 6.04 Å². The smallest absolute Gasteiger partial charge is 0.426 e. The number of carbonyl (C=O) groups is 3. The largest absolute Gasteiger partial charge is 0.443 e. The summed E-state index contributed by atoms with van der Waals surface area (Å²) >= 11 is 0. The van der Waals surface area contributed by atoms with E-state index in [-0.39, 0.29) is 11.9 Å². The summed E-state index contributed by atoms with van der Waals surface area (Å²) < 4.78 is 5.07. The third kappa shape index (κ3) is 7.20. The summed E-state index contributed by atoms with van der Waals surface area (Å²) in [5.41, 5.74) is 6.51. The van der Waals surface area contributed by atoms with Gasteiger partial charge in [-0.2, -0.15) is 0 Å². The van der Waals surface area contributed by atoms with Crippen LogP contribution in [-0.2, 0) is 16.0 Å². The number of hydrogen-bond donors (Lipinski definition) is 5. The number of fused-ring (bicyclic) bond motifs is 1. The van der Waals surface area contributed by atoms with Crippen LogP contribution < -0.4 is 21.5 Å². The molecule has 1 aromatic carbocycles. The zero-order valence-electron chi connectivity index (χ0n) is 21.6. The first-order chi connectivity index (χ1) is 17.0. The lowest BCUT2D eigenvalue weighted by Crippen LogP contribution is -2.58. The molecule has 0 bridgehead atoms. The lowest BCUT2D eigenvalue weighted by atomic mass is 9.87.